The number of carbonyl (C=O) groups excluding carboxylic acids is 2. The van der Waals surface area contributed by atoms with Gasteiger partial charge < -0.3 is 14.4 Å². The van der Waals surface area contributed by atoms with Gasteiger partial charge >= 0.3 is 0 Å². The van der Waals surface area contributed by atoms with Crippen LogP contribution >= 0.6 is 0 Å². The third-order valence-electron chi connectivity index (χ3n) is 5.05. The van der Waals surface area contributed by atoms with E-state index in [2.05, 4.69) is 27.7 Å². The topological polar surface area (TPSA) is 45.6 Å². The highest BCUT2D eigenvalue weighted by Gasteiger charge is 2.22. The van der Waals surface area contributed by atoms with Crippen LogP contribution in [0.15, 0.2) is 18.3 Å². The zero-order valence-electron chi connectivity index (χ0n) is 18.7. The normalized spacial score (nSPS) is 11.1. The number of hydrogen-bond acceptors (Lipinski definition) is 2. The quantitative estimate of drug-likeness (QED) is 0.435. The zero-order valence-corrected chi connectivity index (χ0v) is 18.7. The molecule has 2 amide bonds. The van der Waals surface area contributed by atoms with Crippen LogP contribution in [0, 0.1) is 5.92 Å². The van der Waals surface area contributed by atoms with Gasteiger partial charge in [0.15, 0.2) is 0 Å². The summed E-state index contributed by atoms with van der Waals surface area (Å²) in [5.41, 5.74) is 1.11. The summed E-state index contributed by atoms with van der Waals surface area (Å²) in [6.45, 7) is 10.7. The van der Waals surface area contributed by atoms with Crippen LogP contribution < -0.4 is 0 Å². The Morgan fingerprint density at radius 2 is 1.71 bits per heavy atom. The number of carbonyl (C=O) groups is 2. The van der Waals surface area contributed by atoms with Crippen LogP contribution in [-0.4, -0.2) is 45.8 Å². The van der Waals surface area contributed by atoms with E-state index in [1.807, 2.05) is 34.8 Å². The molecule has 0 aromatic carbocycles. The number of nitrogens with zero attached hydrogens (tertiary/aromatic N) is 3. The predicted molar refractivity (Wildman–Crippen MR) is 116 cm³/mol. The second kappa shape index (κ2) is 13.4. The first-order valence-electron chi connectivity index (χ1n) is 11.0. The number of aromatic nitrogens is 1. The molecule has 0 saturated heterocycles. The van der Waals surface area contributed by atoms with Crippen molar-refractivity contribution in [2.24, 2.45) is 13.0 Å². The fraction of sp³-hybridized carbons (Fsp3) is 0.739. The first kappa shape index (κ1) is 24.3. The van der Waals surface area contributed by atoms with Crippen molar-refractivity contribution in [1.82, 2.24) is 14.4 Å². The molecule has 1 aromatic heterocycles. The van der Waals surface area contributed by atoms with Gasteiger partial charge in [0.1, 0.15) is 0 Å². The van der Waals surface area contributed by atoms with Gasteiger partial charge in [0.2, 0.25) is 11.8 Å². The molecule has 5 heteroatoms. The van der Waals surface area contributed by atoms with Crippen molar-refractivity contribution in [2.75, 3.05) is 19.6 Å². The van der Waals surface area contributed by atoms with E-state index in [1.165, 1.54) is 6.42 Å². The third kappa shape index (κ3) is 8.94. The molecule has 160 valence electrons. The molecule has 5 nitrogen and oxygen atoms in total. The minimum atomic E-state index is 0.0490. The number of aryl methyl sites for hydroxylation is 1. The lowest BCUT2D eigenvalue weighted by Crippen LogP contribution is -2.44. The Morgan fingerprint density at radius 1 is 1.00 bits per heavy atom. The Hall–Kier alpha value is -1.78. The molecule has 0 aliphatic heterocycles. The molecule has 1 heterocycles. The fourth-order valence-corrected chi connectivity index (χ4v) is 3.32. The highest BCUT2D eigenvalue weighted by atomic mass is 16.2. The number of rotatable bonds is 14. The fourth-order valence-electron chi connectivity index (χ4n) is 3.32. The largest absolute Gasteiger partial charge is 0.353 e. The molecule has 1 aromatic rings. The summed E-state index contributed by atoms with van der Waals surface area (Å²) in [6, 6.07) is 4.05. The van der Waals surface area contributed by atoms with Gasteiger partial charge in [0.25, 0.3) is 0 Å². The van der Waals surface area contributed by atoms with Crippen LogP contribution in [0.3, 0.4) is 0 Å². The lowest BCUT2D eigenvalue weighted by atomic mass is 10.1. The molecule has 0 bridgehead atoms. The SMILES string of the molecule is CCCCCCC(=O)N(CCCC)CC(=O)N(Cc1cccn1C)CC(C)C. The first-order valence-corrected chi connectivity index (χ1v) is 11.0. The molecule has 1 rings (SSSR count). The Labute approximate surface area is 172 Å². The summed E-state index contributed by atoms with van der Waals surface area (Å²) in [4.78, 5) is 29.5. The smallest absolute Gasteiger partial charge is 0.242 e. The van der Waals surface area contributed by atoms with Gasteiger partial charge in [-0.15, -0.1) is 0 Å². The van der Waals surface area contributed by atoms with Crippen molar-refractivity contribution >= 4 is 11.8 Å². The highest BCUT2D eigenvalue weighted by Crippen LogP contribution is 2.11. The Morgan fingerprint density at radius 3 is 2.29 bits per heavy atom. The summed E-state index contributed by atoms with van der Waals surface area (Å²) in [5.74, 6) is 0.562. The second-order valence-corrected chi connectivity index (χ2v) is 8.26. The second-order valence-electron chi connectivity index (χ2n) is 8.26. The van der Waals surface area contributed by atoms with E-state index in [4.69, 9.17) is 0 Å². The Balaban J connectivity index is 2.76. The first-order chi connectivity index (χ1) is 13.4. The maximum Gasteiger partial charge on any atom is 0.242 e. The minimum Gasteiger partial charge on any atom is -0.353 e. The van der Waals surface area contributed by atoms with Crippen LogP contribution in [-0.2, 0) is 23.2 Å². The van der Waals surface area contributed by atoms with Crippen molar-refractivity contribution in [3.8, 4) is 0 Å². The predicted octanol–water partition coefficient (Wildman–Crippen LogP) is 4.61. The van der Waals surface area contributed by atoms with E-state index >= 15 is 0 Å². The van der Waals surface area contributed by atoms with Crippen LogP contribution in [0.4, 0.5) is 0 Å². The maximum atomic E-state index is 13.1. The molecule has 0 atom stereocenters. The molecule has 0 N–H and O–H groups in total. The monoisotopic (exact) mass is 391 g/mol. The lowest BCUT2D eigenvalue weighted by Gasteiger charge is -2.29. The lowest BCUT2D eigenvalue weighted by molar-refractivity contribution is -0.141. The summed E-state index contributed by atoms with van der Waals surface area (Å²) < 4.78 is 2.05. The minimum absolute atomic E-state index is 0.0490. The van der Waals surface area contributed by atoms with Crippen molar-refractivity contribution in [3.05, 3.63) is 24.0 Å². The van der Waals surface area contributed by atoms with Crippen LogP contribution in [0.5, 0.6) is 0 Å². The third-order valence-corrected chi connectivity index (χ3v) is 5.05. The molecule has 0 spiro atoms. The average molecular weight is 392 g/mol. The molecule has 0 radical (unpaired) electrons. The van der Waals surface area contributed by atoms with E-state index in [-0.39, 0.29) is 18.4 Å². The summed E-state index contributed by atoms with van der Waals surface area (Å²) in [5, 5.41) is 0. The maximum absolute atomic E-state index is 13.1. The van der Waals surface area contributed by atoms with Crippen molar-refractivity contribution in [2.45, 2.75) is 79.2 Å². The van der Waals surface area contributed by atoms with Gasteiger partial charge in [0, 0.05) is 38.4 Å². The number of amides is 2. The molecule has 0 fully saturated rings. The van der Waals surface area contributed by atoms with Gasteiger partial charge in [0.05, 0.1) is 13.1 Å². The van der Waals surface area contributed by atoms with Crippen LogP contribution in [0.25, 0.3) is 0 Å². The van der Waals surface area contributed by atoms with Gasteiger partial charge in [-0.3, -0.25) is 9.59 Å². The van der Waals surface area contributed by atoms with Crippen molar-refractivity contribution in [3.63, 3.8) is 0 Å². The number of hydrogen-bond donors (Lipinski definition) is 0. The van der Waals surface area contributed by atoms with Gasteiger partial charge in [-0.05, 0) is 30.9 Å². The summed E-state index contributed by atoms with van der Waals surface area (Å²) in [7, 11) is 2.00. The Bertz CT molecular complexity index is 580. The molecule has 28 heavy (non-hydrogen) atoms. The number of unbranched alkanes of at least 4 members (excludes halogenated alkanes) is 4. The van der Waals surface area contributed by atoms with E-state index in [1.54, 1.807) is 4.90 Å². The van der Waals surface area contributed by atoms with Crippen molar-refractivity contribution < 1.29 is 9.59 Å². The summed E-state index contributed by atoms with van der Waals surface area (Å²) in [6.07, 6.45) is 8.85. The van der Waals surface area contributed by atoms with E-state index in [0.717, 1.165) is 37.8 Å². The zero-order chi connectivity index (χ0) is 20.9. The van der Waals surface area contributed by atoms with Gasteiger partial charge in [-0.25, -0.2) is 0 Å². The van der Waals surface area contributed by atoms with Crippen molar-refractivity contribution in [1.29, 1.82) is 0 Å². The molecule has 0 unspecified atom stereocenters. The van der Waals surface area contributed by atoms with Gasteiger partial charge in [-0.2, -0.15) is 0 Å². The average Bonchev–Trinajstić information content (AvgIpc) is 3.05. The van der Waals surface area contributed by atoms with Crippen LogP contribution in [0.2, 0.25) is 0 Å². The molecule has 0 aliphatic carbocycles. The molecular formula is C23H41N3O2. The van der Waals surface area contributed by atoms with E-state index < -0.39 is 0 Å². The highest BCUT2D eigenvalue weighted by molar-refractivity contribution is 5.84. The van der Waals surface area contributed by atoms with Crippen LogP contribution in [0.1, 0.15) is 78.3 Å². The van der Waals surface area contributed by atoms with Gasteiger partial charge in [-0.1, -0.05) is 53.4 Å². The Kier molecular flexibility index (Phi) is 11.6. The molecule has 0 aliphatic rings. The summed E-state index contributed by atoms with van der Waals surface area (Å²) >= 11 is 0. The molecular weight excluding hydrogens is 350 g/mol. The van der Waals surface area contributed by atoms with E-state index in [0.29, 0.717) is 32.0 Å². The molecule has 0 saturated carbocycles. The van der Waals surface area contributed by atoms with E-state index in [9.17, 15) is 9.59 Å². The standard InChI is InChI=1S/C23H41N3O2/c1-6-8-10-11-14-22(27)25(16-9-7-2)19-23(28)26(17-20(3)4)18-21-13-12-15-24(21)5/h12-13,15,20H,6-11,14,16-19H2,1-5H3.